The van der Waals surface area contributed by atoms with Crippen molar-refractivity contribution in [1.29, 1.82) is 0 Å². The molecule has 0 fully saturated rings. The Hall–Kier alpha value is -3.12. The highest BCUT2D eigenvalue weighted by Gasteiger charge is 2.22. The summed E-state index contributed by atoms with van der Waals surface area (Å²) in [5.74, 6) is -1.71. The molecule has 0 atom stereocenters. The van der Waals surface area contributed by atoms with Crippen LogP contribution in [0.3, 0.4) is 0 Å². The van der Waals surface area contributed by atoms with Crippen molar-refractivity contribution in [2.45, 2.75) is 26.8 Å². The van der Waals surface area contributed by atoms with E-state index in [4.69, 9.17) is 0 Å². The van der Waals surface area contributed by atoms with E-state index < -0.39 is 11.6 Å². The minimum Gasteiger partial charge on any atom is -0.334 e. The number of Topliss-reactive ketones (excluding diaryl/α,β-unsaturated/α-hetero) is 1. The van der Waals surface area contributed by atoms with Crippen molar-refractivity contribution in [3.05, 3.63) is 93.3 Å². The number of nitrogens with zero attached hydrogens (tertiary/aromatic N) is 1. The number of carbonyl (C=O) groups is 1. The van der Waals surface area contributed by atoms with Crippen LogP contribution in [-0.4, -0.2) is 10.4 Å². The molecule has 2 aromatic carbocycles. The van der Waals surface area contributed by atoms with Crippen molar-refractivity contribution in [2.75, 3.05) is 0 Å². The zero-order valence-electron chi connectivity index (χ0n) is 16.5. The van der Waals surface area contributed by atoms with Gasteiger partial charge < -0.3 is 4.57 Å². The Bertz CT molecular complexity index is 1300. The molecule has 3 nitrogen and oxygen atoms in total. The molecule has 0 bridgehead atoms. The second-order valence-electron chi connectivity index (χ2n) is 7.07. The molecule has 2 heterocycles. The highest BCUT2D eigenvalue weighted by molar-refractivity contribution is 7.22. The topological polar surface area (TPSA) is 39.1 Å². The Kier molecular flexibility index (Phi) is 5.35. The van der Waals surface area contributed by atoms with Gasteiger partial charge in [0.05, 0.1) is 17.5 Å². The fourth-order valence-electron chi connectivity index (χ4n) is 3.68. The molecule has 0 radical (unpaired) electrons. The molecule has 0 saturated carbocycles. The van der Waals surface area contributed by atoms with Crippen LogP contribution in [0.15, 0.2) is 59.5 Å². The normalized spacial score (nSPS) is 11.2. The van der Waals surface area contributed by atoms with Gasteiger partial charge in [-0.3, -0.25) is 9.59 Å². The van der Waals surface area contributed by atoms with Crippen LogP contribution in [0.25, 0.3) is 20.7 Å². The lowest BCUT2D eigenvalue weighted by Crippen LogP contribution is -2.18. The number of carbonyl (C=O) groups excluding carboxylic acids is 1. The molecule has 4 aromatic rings. The summed E-state index contributed by atoms with van der Waals surface area (Å²) in [5.41, 5.74) is 1.38. The maximum atomic E-state index is 14.3. The van der Waals surface area contributed by atoms with E-state index in [0.717, 1.165) is 16.0 Å². The van der Waals surface area contributed by atoms with Crippen LogP contribution in [0, 0.1) is 11.6 Å². The van der Waals surface area contributed by atoms with Crippen LogP contribution in [0.4, 0.5) is 8.78 Å². The SMILES string of the molecule is CCc1c(-c2ccccc2)sc2c1c(=O)c(C(C)=O)cn2Cc1c(F)cccc1F. The molecule has 0 aliphatic rings. The second kappa shape index (κ2) is 7.95. The third-order valence-corrected chi connectivity index (χ3v) is 6.48. The first-order valence-electron chi connectivity index (χ1n) is 9.60. The number of ketones is 1. The summed E-state index contributed by atoms with van der Waals surface area (Å²) in [7, 11) is 0. The average molecular weight is 423 g/mol. The maximum absolute atomic E-state index is 14.3. The third-order valence-electron chi connectivity index (χ3n) is 5.16. The predicted molar refractivity (Wildman–Crippen MR) is 116 cm³/mol. The van der Waals surface area contributed by atoms with E-state index in [1.54, 1.807) is 4.57 Å². The number of thiophene rings is 1. The van der Waals surface area contributed by atoms with Crippen molar-refractivity contribution in [1.82, 2.24) is 4.57 Å². The number of aryl methyl sites for hydroxylation is 1. The van der Waals surface area contributed by atoms with Crippen LogP contribution >= 0.6 is 11.3 Å². The molecule has 0 unspecified atom stereocenters. The zero-order chi connectivity index (χ0) is 21.4. The fraction of sp³-hybridized carbons (Fsp3) is 0.167. The molecule has 6 heteroatoms. The monoisotopic (exact) mass is 423 g/mol. The standard InChI is InChI=1S/C24H19F2NO2S/c1-3-16-21-22(29)17(14(2)28)12-27(13-18-19(25)10-7-11-20(18)26)24(21)30-23(16)15-8-5-4-6-9-15/h4-12H,3,13H2,1-2H3. The summed E-state index contributed by atoms with van der Waals surface area (Å²) in [5, 5.41) is 0.450. The number of halogens is 2. The van der Waals surface area contributed by atoms with E-state index in [0.29, 0.717) is 16.6 Å². The molecule has 0 aliphatic carbocycles. The second-order valence-corrected chi connectivity index (χ2v) is 8.06. The molecular formula is C24H19F2NO2S. The smallest absolute Gasteiger partial charge is 0.201 e. The largest absolute Gasteiger partial charge is 0.334 e. The zero-order valence-corrected chi connectivity index (χ0v) is 17.4. The Morgan fingerprint density at radius 1 is 1.00 bits per heavy atom. The number of pyridine rings is 1. The van der Waals surface area contributed by atoms with Gasteiger partial charge in [-0.25, -0.2) is 8.78 Å². The van der Waals surface area contributed by atoms with E-state index in [1.807, 2.05) is 37.3 Å². The van der Waals surface area contributed by atoms with E-state index in [1.165, 1.54) is 42.7 Å². The van der Waals surface area contributed by atoms with Crippen molar-refractivity contribution >= 4 is 27.3 Å². The third kappa shape index (κ3) is 3.37. The molecule has 4 rings (SSSR count). The van der Waals surface area contributed by atoms with Gasteiger partial charge in [0.2, 0.25) is 5.43 Å². The van der Waals surface area contributed by atoms with Gasteiger partial charge >= 0.3 is 0 Å². The van der Waals surface area contributed by atoms with Crippen molar-refractivity contribution in [3.8, 4) is 10.4 Å². The Morgan fingerprint density at radius 2 is 1.67 bits per heavy atom. The molecular weight excluding hydrogens is 404 g/mol. The van der Waals surface area contributed by atoms with Crippen LogP contribution in [0.1, 0.15) is 35.3 Å². The van der Waals surface area contributed by atoms with E-state index in [9.17, 15) is 18.4 Å². The molecule has 0 N–H and O–H groups in total. The first-order chi connectivity index (χ1) is 14.4. The highest BCUT2D eigenvalue weighted by Crippen LogP contribution is 2.38. The lowest BCUT2D eigenvalue weighted by atomic mass is 10.0. The number of aromatic nitrogens is 1. The fourth-order valence-corrected chi connectivity index (χ4v) is 5.05. The van der Waals surface area contributed by atoms with Gasteiger partial charge in [-0.15, -0.1) is 11.3 Å². The number of hydrogen-bond acceptors (Lipinski definition) is 3. The number of hydrogen-bond donors (Lipinski definition) is 0. The molecule has 0 amide bonds. The van der Waals surface area contributed by atoms with E-state index in [2.05, 4.69) is 0 Å². The molecule has 30 heavy (non-hydrogen) atoms. The summed E-state index contributed by atoms with van der Waals surface area (Å²) >= 11 is 1.40. The van der Waals surface area contributed by atoms with Gasteiger partial charge in [-0.05, 0) is 36.6 Å². The van der Waals surface area contributed by atoms with Gasteiger partial charge in [-0.2, -0.15) is 0 Å². The lowest BCUT2D eigenvalue weighted by Gasteiger charge is -2.12. The quantitative estimate of drug-likeness (QED) is 0.379. The molecule has 152 valence electrons. The predicted octanol–water partition coefficient (Wildman–Crippen LogP) is 5.82. The summed E-state index contributed by atoms with van der Waals surface area (Å²) in [6, 6.07) is 13.4. The summed E-state index contributed by atoms with van der Waals surface area (Å²) in [4.78, 5) is 26.8. The molecule has 2 aromatic heterocycles. The van der Waals surface area contributed by atoms with Gasteiger partial charge in [-0.1, -0.05) is 43.3 Å². The summed E-state index contributed by atoms with van der Waals surface area (Å²) in [6.07, 6.45) is 2.01. The molecule has 0 spiro atoms. The molecule has 0 aliphatic heterocycles. The molecule has 0 saturated heterocycles. The number of fused-ring (bicyclic) bond motifs is 1. The van der Waals surface area contributed by atoms with Crippen LogP contribution in [-0.2, 0) is 13.0 Å². The van der Waals surface area contributed by atoms with Gasteiger partial charge in [0, 0.05) is 16.6 Å². The van der Waals surface area contributed by atoms with Crippen LogP contribution in [0.5, 0.6) is 0 Å². The summed E-state index contributed by atoms with van der Waals surface area (Å²) < 4.78 is 30.2. The lowest BCUT2D eigenvalue weighted by molar-refractivity contribution is 0.101. The van der Waals surface area contributed by atoms with Crippen LogP contribution in [0.2, 0.25) is 0 Å². The Labute approximate surface area is 176 Å². The number of benzene rings is 2. The van der Waals surface area contributed by atoms with Crippen molar-refractivity contribution in [2.24, 2.45) is 0 Å². The van der Waals surface area contributed by atoms with Crippen molar-refractivity contribution in [3.63, 3.8) is 0 Å². The first kappa shape index (κ1) is 20.2. The first-order valence-corrected chi connectivity index (χ1v) is 10.4. The van der Waals surface area contributed by atoms with Gasteiger partial charge in [0.15, 0.2) is 5.78 Å². The van der Waals surface area contributed by atoms with E-state index in [-0.39, 0.29) is 28.9 Å². The van der Waals surface area contributed by atoms with Gasteiger partial charge in [0.1, 0.15) is 16.5 Å². The Balaban J connectivity index is 2.05. The Morgan fingerprint density at radius 3 is 2.27 bits per heavy atom. The highest BCUT2D eigenvalue weighted by atomic mass is 32.1. The maximum Gasteiger partial charge on any atom is 0.201 e. The van der Waals surface area contributed by atoms with Crippen molar-refractivity contribution < 1.29 is 13.6 Å². The van der Waals surface area contributed by atoms with Crippen LogP contribution < -0.4 is 5.43 Å². The minimum absolute atomic E-state index is 0.0198. The average Bonchev–Trinajstić information content (AvgIpc) is 3.13. The minimum atomic E-state index is -0.665. The summed E-state index contributed by atoms with van der Waals surface area (Å²) in [6.45, 7) is 3.16. The van der Waals surface area contributed by atoms with Gasteiger partial charge in [0.25, 0.3) is 0 Å². The van der Waals surface area contributed by atoms with E-state index >= 15 is 0 Å². The number of rotatable bonds is 5.